The van der Waals surface area contributed by atoms with Gasteiger partial charge in [-0.05, 0) is 74.6 Å². The standard InChI is InChI=1S/C21H25ClN4O3/c1-13(19(27)26-10-8-21(6-7-21)9-11-26)23-20-25-24-18(29-20)17-4-2-14-12-15(22)3-5-16(14)28-17/h3,5,12-13,17H,2,4,6-11H2,1H3,(H,23,25)/t13-,17-/m1/s1. The van der Waals surface area contributed by atoms with Gasteiger partial charge in [0.25, 0.3) is 5.89 Å². The topological polar surface area (TPSA) is 80.5 Å². The Bertz CT molecular complexity index is 916. The van der Waals surface area contributed by atoms with Crippen molar-refractivity contribution in [2.45, 2.75) is 57.6 Å². The first-order chi connectivity index (χ1) is 14.0. The van der Waals surface area contributed by atoms with E-state index in [1.54, 1.807) is 0 Å². The Morgan fingerprint density at radius 1 is 1.28 bits per heavy atom. The molecule has 1 spiro atoms. The number of anilines is 1. The minimum absolute atomic E-state index is 0.0833. The van der Waals surface area contributed by atoms with Crippen molar-refractivity contribution in [2.24, 2.45) is 5.41 Å². The fourth-order valence-electron chi connectivity index (χ4n) is 4.35. The number of likely N-dealkylation sites (tertiary alicyclic amines) is 1. The molecule has 1 amide bonds. The van der Waals surface area contributed by atoms with Crippen molar-refractivity contribution >= 4 is 23.5 Å². The molecule has 0 radical (unpaired) electrons. The van der Waals surface area contributed by atoms with Crippen LogP contribution >= 0.6 is 11.6 Å². The average Bonchev–Trinajstić information content (AvgIpc) is 3.31. The zero-order chi connectivity index (χ0) is 20.0. The monoisotopic (exact) mass is 416 g/mol. The van der Waals surface area contributed by atoms with E-state index in [2.05, 4.69) is 15.5 Å². The third-order valence-corrected chi connectivity index (χ3v) is 6.72. The van der Waals surface area contributed by atoms with Gasteiger partial charge in [0.15, 0.2) is 6.10 Å². The summed E-state index contributed by atoms with van der Waals surface area (Å²) in [5, 5.41) is 12.0. The van der Waals surface area contributed by atoms with Gasteiger partial charge in [0, 0.05) is 18.1 Å². The fraction of sp³-hybridized carbons (Fsp3) is 0.571. The molecule has 154 valence electrons. The molecule has 2 fully saturated rings. The van der Waals surface area contributed by atoms with Crippen LogP contribution in [0.15, 0.2) is 22.6 Å². The predicted molar refractivity (Wildman–Crippen MR) is 108 cm³/mol. The van der Waals surface area contributed by atoms with Crippen LogP contribution in [0.1, 0.15) is 56.6 Å². The molecule has 1 N–H and O–H groups in total. The molecule has 1 aromatic carbocycles. The summed E-state index contributed by atoms with van der Waals surface area (Å²) in [6.45, 7) is 3.53. The molecule has 1 aliphatic carbocycles. The number of benzene rings is 1. The van der Waals surface area contributed by atoms with E-state index < -0.39 is 6.04 Å². The number of amides is 1. The van der Waals surface area contributed by atoms with Gasteiger partial charge in [-0.1, -0.05) is 16.7 Å². The number of nitrogens with one attached hydrogen (secondary N) is 1. The molecule has 3 heterocycles. The number of halogens is 1. The molecule has 1 saturated heterocycles. The van der Waals surface area contributed by atoms with Crippen molar-refractivity contribution in [1.29, 1.82) is 0 Å². The second kappa shape index (κ2) is 7.20. The summed E-state index contributed by atoms with van der Waals surface area (Å²) in [6, 6.07) is 5.44. The van der Waals surface area contributed by atoms with E-state index in [1.807, 2.05) is 30.0 Å². The average molecular weight is 417 g/mol. The number of piperidine rings is 1. The summed E-state index contributed by atoms with van der Waals surface area (Å²) in [5.74, 6) is 1.29. The highest BCUT2D eigenvalue weighted by molar-refractivity contribution is 6.30. The summed E-state index contributed by atoms with van der Waals surface area (Å²) in [7, 11) is 0. The molecule has 0 unspecified atom stereocenters. The summed E-state index contributed by atoms with van der Waals surface area (Å²) in [5.41, 5.74) is 1.64. The van der Waals surface area contributed by atoms with Crippen molar-refractivity contribution in [2.75, 3.05) is 18.4 Å². The number of aromatic nitrogens is 2. The second-order valence-corrected chi connectivity index (χ2v) is 8.97. The highest BCUT2D eigenvalue weighted by atomic mass is 35.5. The molecule has 7 nitrogen and oxygen atoms in total. The summed E-state index contributed by atoms with van der Waals surface area (Å²) >= 11 is 6.04. The Balaban J connectivity index is 1.19. The number of carbonyl (C=O) groups is 1. The van der Waals surface area contributed by atoms with E-state index in [0.29, 0.717) is 16.3 Å². The number of nitrogens with zero attached hydrogens (tertiary/aromatic N) is 3. The highest BCUT2D eigenvalue weighted by Crippen LogP contribution is 2.53. The van der Waals surface area contributed by atoms with E-state index in [4.69, 9.17) is 20.8 Å². The normalized spacial score (nSPS) is 23.2. The number of ether oxygens (including phenoxy) is 1. The molecule has 2 aliphatic heterocycles. The molecule has 8 heteroatoms. The third-order valence-electron chi connectivity index (χ3n) is 6.49. The minimum atomic E-state index is -0.410. The molecule has 29 heavy (non-hydrogen) atoms. The third kappa shape index (κ3) is 3.80. The minimum Gasteiger partial charge on any atom is -0.480 e. The van der Waals surface area contributed by atoms with Crippen molar-refractivity contribution in [3.63, 3.8) is 0 Å². The largest absolute Gasteiger partial charge is 0.480 e. The van der Waals surface area contributed by atoms with Gasteiger partial charge in [-0.2, -0.15) is 0 Å². The first kappa shape index (κ1) is 18.7. The van der Waals surface area contributed by atoms with E-state index in [1.165, 1.54) is 12.8 Å². The van der Waals surface area contributed by atoms with Gasteiger partial charge in [0.2, 0.25) is 5.91 Å². The smallest absolute Gasteiger partial charge is 0.316 e. The van der Waals surface area contributed by atoms with Gasteiger partial charge < -0.3 is 19.4 Å². The van der Waals surface area contributed by atoms with Crippen LogP contribution in [0.5, 0.6) is 5.75 Å². The number of rotatable bonds is 4. The lowest BCUT2D eigenvalue weighted by Gasteiger charge is -2.33. The predicted octanol–water partition coefficient (Wildman–Crippen LogP) is 3.99. The molecule has 2 aromatic rings. The van der Waals surface area contributed by atoms with Gasteiger partial charge in [-0.25, -0.2) is 0 Å². The number of fused-ring (bicyclic) bond motifs is 1. The molecule has 2 atom stereocenters. The molecular weight excluding hydrogens is 392 g/mol. The van der Waals surface area contributed by atoms with Crippen LogP contribution in [0.3, 0.4) is 0 Å². The molecular formula is C21H25ClN4O3. The van der Waals surface area contributed by atoms with Crippen molar-refractivity contribution in [1.82, 2.24) is 15.1 Å². The van der Waals surface area contributed by atoms with Crippen LogP contribution < -0.4 is 10.1 Å². The van der Waals surface area contributed by atoms with Crippen molar-refractivity contribution in [3.8, 4) is 5.75 Å². The lowest BCUT2D eigenvalue weighted by molar-refractivity contribution is -0.133. The SMILES string of the molecule is C[C@@H](Nc1nnc([C@H]2CCc3cc(Cl)ccc3O2)o1)C(=O)N1CCC2(CC1)CC2. The summed E-state index contributed by atoms with van der Waals surface area (Å²) in [6.07, 6.45) is 6.18. The Hall–Kier alpha value is -2.28. The molecule has 0 bridgehead atoms. The number of aryl methyl sites for hydroxylation is 1. The zero-order valence-electron chi connectivity index (χ0n) is 16.5. The van der Waals surface area contributed by atoms with Gasteiger partial charge >= 0.3 is 6.01 Å². The number of carbonyl (C=O) groups excluding carboxylic acids is 1. The molecule has 1 saturated carbocycles. The maximum Gasteiger partial charge on any atom is 0.316 e. The van der Waals surface area contributed by atoms with Gasteiger partial charge in [-0.15, -0.1) is 5.10 Å². The van der Waals surface area contributed by atoms with Crippen molar-refractivity contribution in [3.05, 3.63) is 34.7 Å². The van der Waals surface area contributed by atoms with E-state index >= 15 is 0 Å². The highest BCUT2D eigenvalue weighted by Gasteiger charge is 2.45. The van der Waals surface area contributed by atoms with Crippen LogP contribution in [-0.4, -0.2) is 40.1 Å². The van der Waals surface area contributed by atoms with E-state index in [9.17, 15) is 4.79 Å². The van der Waals surface area contributed by atoms with Crippen LogP contribution in [-0.2, 0) is 11.2 Å². The maximum absolute atomic E-state index is 12.7. The van der Waals surface area contributed by atoms with Crippen LogP contribution in [0, 0.1) is 5.41 Å². The lowest BCUT2D eigenvalue weighted by Crippen LogP contribution is -2.45. The van der Waals surface area contributed by atoms with Crippen molar-refractivity contribution < 1.29 is 13.9 Å². The first-order valence-corrected chi connectivity index (χ1v) is 10.7. The second-order valence-electron chi connectivity index (χ2n) is 8.53. The van der Waals surface area contributed by atoms with Crippen LogP contribution in [0.2, 0.25) is 5.02 Å². The Kier molecular flexibility index (Phi) is 4.65. The molecule has 1 aromatic heterocycles. The van der Waals surface area contributed by atoms with Gasteiger partial charge in [0.05, 0.1) is 0 Å². The summed E-state index contributed by atoms with van der Waals surface area (Å²) in [4.78, 5) is 14.7. The quantitative estimate of drug-likeness (QED) is 0.811. The Labute approximate surface area is 174 Å². The number of hydrogen-bond acceptors (Lipinski definition) is 6. The zero-order valence-corrected chi connectivity index (χ0v) is 17.2. The van der Waals surface area contributed by atoms with Gasteiger partial charge in [0.1, 0.15) is 11.8 Å². The lowest BCUT2D eigenvalue weighted by atomic mass is 9.93. The van der Waals surface area contributed by atoms with Crippen LogP contribution in [0.4, 0.5) is 6.01 Å². The Morgan fingerprint density at radius 2 is 2.07 bits per heavy atom. The van der Waals surface area contributed by atoms with Gasteiger partial charge in [-0.3, -0.25) is 4.79 Å². The first-order valence-electron chi connectivity index (χ1n) is 10.4. The fourth-order valence-corrected chi connectivity index (χ4v) is 4.55. The maximum atomic E-state index is 12.7. The summed E-state index contributed by atoms with van der Waals surface area (Å²) < 4.78 is 11.8. The number of hydrogen-bond donors (Lipinski definition) is 1. The molecule has 5 rings (SSSR count). The van der Waals surface area contributed by atoms with Crippen LogP contribution in [0.25, 0.3) is 0 Å². The van der Waals surface area contributed by atoms with E-state index in [0.717, 1.165) is 50.1 Å². The van der Waals surface area contributed by atoms with E-state index in [-0.39, 0.29) is 18.0 Å². The Morgan fingerprint density at radius 3 is 2.83 bits per heavy atom. The molecule has 3 aliphatic rings.